The fourth-order valence-corrected chi connectivity index (χ4v) is 3.00. The first-order valence-corrected chi connectivity index (χ1v) is 8.83. The molecule has 3 aromatic heterocycles. The SMILES string of the molecule is CC(C)Oc1cc2c(-c3cc(N4CCN(C)C(=O)C4)ncn3)n[nH]c2cn1. The molecule has 27 heavy (non-hydrogen) atoms. The van der Waals surface area contributed by atoms with Crippen molar-refractivity contribution in [2.24, 2.45) is 0 Å². The summed E-state index contributed by atoms with van der Waals surface area (Å²) in [5.41, 5.74) is 2.18. The zero-order chi connectivity index (χ0) is 19.0. The second kappa shape index (κ2) is 6.82. The number of aromatic amines is 1. The molecule has 9 nitrogen and oxygen atoms in total. The predicted octanol–water partition coefficient (Wildman–Crippen LogP) is 1.48. The number of amides is 1. The Morgan fingerprint density at radius 2 is 2.04 bits per heavy atom. The number of carbonyl (C=O) groups excluding carboxylic acids is 1. The molecule has 0 bridgehead atoms. The first-order valence-electron chi connectivity index (χ1n) is 8.83. The van der Waals surface area contributed by atoms with Gasteiger partial charge in [-0.3, -0.25) is 9.89 Å². The summed E-state index contributed by atoms with van der Waals surface area (Å²) in [4.78, 5) is 28.7. The number of rotatable bonds is 4. The van der Waals surface area contributed by atoms with E-state index in [1.807, 2.05) is 37.9 Å². The molecule has 0 radical (unpaired) electrons. The van der Waals surface area contributed by atoms with Gasteiger partial charge in [0.2, 0.25) is 11.8 Å². The Balaban J connectivity index is 1.68. The molecule has 0 aromatic carbocycles. The largest absolute Gasteiger partial charge is 0.475 e. The van der Waals surface area contributed by atoms with Gasteiger partial charge in [-0.05, 0) is 13.8 Å². The molecule has 1 saturated heterocycles. The average molecular weight is 367 g/mol. The number of anilines is 1. The number of likely N-dealkylation sites (N-methyl/N-ethyl adjacent to an activating group) is 1. The summed E-state index contributed by atoms with van der Waals surface area (Å²) in [6, 6.07) is 3.72. The Morgan fingerprint density at radius 3 is 2.81 bits per heavy atom. The zero-order valence-corrected chi connectivity index (χ0v) is 15.5. The first kappa shape index (κ1) is 17.2. The van der Waals surface area contributed by atoms with E-state index < -0.39 is 0 Å². The molecule has 9 heteroatoms. The van der Waals surface area contributed by atoms with Gasteiger partial charge < -0.3 is 14.5 Å². The van der Waals surface area contributed by atoms with Crippen LogP contribution in [0.3, 0.4) is 0 Å². The van der Waals surface area contributed by atoms with Gasteiger partial charge >= 0.3 is 0 Å². The third kappa shape index (κ3) is 3.40. The van der Waals surface area contributed by atoms with Gasteiger partial charge in [-0.1, -0.05) is 0 Å². The third-order valence-electron chi connectivity index (χ3n) is 4.46. The van der Waals surface area contributed by atoms with E-state index >= 15 is 0 Å². The van der Waals surface area contributed by atoms with Crippen LogP contribution in [0.2, 0.25) is 0 Å². The van der Waals surface area contributed by atoms with Crippen molar-refractivity contribution in [1.82, 2.24) is 30.0 Å². The molecule has 140 valence electrons. The van der Waals surface area contributed by atoms with E-state index in [0.717, 1.165) is 17.4 Å². The van der Waals surface area contributed by atoms with Crippen LogP contribution in [0.4, 0.5) is 5.82 Å². The lowest BCUT2D eigenvalue weighted by atomic mass is 10.2. The van der Waals surface area contributed by atoms with E-state index in [4.69, 9.17) is 4.74 Å². The van der Waals surface area contributed by atoms with E-state index in [9.17, 15) is 4.79 Å². The molecule has 4 rings (SSSR count). The summed E-state index contributed by atoms with van der Waals surface area (Å²) in [6.45, 7) is 5.62. The van der Waals surface area contributed by atoms with Gasteiger partial charge in [-0.25, -0.2) is 15.0 Å². The number of carbonyl (C=O) groups is 1. The van der Waals surface area contributed by atoms with Crippen LogP contribution in [0.15, 0.2) is 24.7 Å². The van der Waals surface area contributed by atoms with E-state index in [-0.39, 0.29) is 12.0 Å². The Bertz CT molecular complexity index is 985. The predicted molar refractivity (Wildman–Crippen MR) is 101 cm³/mol. The van der Waals surface area contributed by atoms with Gasteiger partial charge in [0, 0.05) is 37.7 Å². The minimum absolute atomic E-state index is 0.0331. The van der Waals surface area contributed by atoms with Crippen molar-refractivity contribution < 1.29 is 9.53 Å². The van der Waals surface area contributed by atoms with Crippen molar-refractivity contribution in [3.8, 4) is 17.3 Å². The van der Waals surface area contributed by atoms with Crippen LogP contribution in [0, 0.1) is 0 Å². The molecule has 0 unspecified atom stereocenters. The summed E-state index contributed by atoms with van der Waals surface area (Å²) in [5.74, 6) is 1.33. The third-order valence-corrected chi connectivity index (χ3v) is 4.46. The van der Waals surface area contributed by atoms with Crippen LogP contribution >= 0.6 is 0 Å². The smallest absolute Gasteiger partial charge is 0.241 e. The highest BCUT2D eigenvalue weighted by Crippen LogP contribution is 2.28. The van der Waals surface area contributed by atoms with Gasteiger partial charge in [0.25, 0.3) is 0 Å². The number of fused-ring (bicyclic) bond motifs is 1. The van der Waals surface area contributed by atoms with Crippen LogP contribution in [-0.2, 0) is 4.79 Å². The van der Waals surface area contributed by atoms with Crippen molar-refractivity contribution in [3.63, 3.8) is 0 Å². The molecule has 1 fully saturated rings. The normalized spacial score (nSPS) is 15.0. The van der Waals surface area contributed by atoms with Crippen molar-refractivity contribution in [2.75, 3.05) is 31.6 Å². The Hall–Kier alpha value is -3.23. The molecule has 1 amide bonds. The molecule has 0 saturated carbocycles. The van der Waals surface area contributed by atoms with Gasteiger partial charge in [0.15, 0.2) is 0 Å². The number of piperazine rings is 1. The lowest BCUT2D eigenvalue weighted by Gasteiger charge is -2.32. The number of hydrogen-bond acceptors (Lipinski definition) is 7. The van der Waals surface area contributed by atoms with E-state index in [1.54, 1.807) is 11.1 Å². The highest BCUT2D eigenvalue weighted by Gasteiger charge is 2.23. The van der Waals surface area contributed by atoms with Crippen molar-refractivity contribution in [2.45, 2.75) is 20.0 Å². The van der Waals surface area contributed by atoms with Gasteiger partial charge in [-0.2, -0.15) is 5.10 Å². The Morgan fingerprint density at radius 1 is 1.19 bits per heavy atom. The lowest BCUT2D eigenvalue weighted by molar-refractivity contribution is -0.129. The average Bonchev–Trinajstić information content (AvgIpc) is 3.07. The highest BCUT2D eigenvalue weighted by atomic mass is 16.5. The molecule has 4 heterocycles. The Labute approximate surface area is 156 Å². The quantitative estimate of drug-likeness (QED) is 0.745. The maximum Gasteiger partial charge on any atom is 0.241 e. The van der Waals surface area contributed by atoms with Gasteiger partial charge in [0.1, 0.15) is 17.8 Å². The number of pyridine rings is 1. The first-order chi connectivity index (χ1) is 13.0. The van der Waals surface area contributed by atoms with E-state index in [2.05, 4.69) is 25.1 Å². The van der Waals surface area contributed by atoms with E-state index in [1.165, 1.54) is 6.33 Å². The monoisotopic (exact) mass is 367 g/mol. The van der Waals surface area contributed by atoms with Gasteiger partial charge in [-0.15, -0.1) is 0 Å². The molecule has 1 N–H and O–H groups in total. The molecule has 0 aliphatic carbocycles. The van der Waals surface area contributed by atoms with Crippen LogP contribution in [-0.4, -0.2) is 68.7 Å². The standard InChI is InChI=1S/C18H21N7O2/c1-11(2)27-16-6-12-14(8-19-16)22-23-18(12)13-7-15(21-10-20-13)25-5-4-24(3)17(26)9-25/h6-8,10-11H,4-5,9H2,1-3H3,(H,22,23). The topological polar surface area (TPSA) is 100 Å². The number of hydrogen-bond donors (Lipinski definition) is 1. The molecule has 0 spiro atoms. The van der Waals surface area contributed by atoms with Crippen LogP contribution in [0.1, 0.15) is 13.8 Å². The highest BCUT2D eigenvalue weighted by molar-refractivity contribution is 5.92. The molecule has 1 aliphatic rings. The summed E-state index contributed by atoms with van der Waals surface area (Å²) >= 11 is 0. The summed E-state index contributed by atoms with van der Waals surface area (Å²) in [6.07, 6.45) is 3.23. The number of nitrogens with zero attached hydrogens (tertiary/aromatic N) is 6. The summed E-state index contributed by atoms with van der Waals surface area (Å²) in [5, 5.41) is 8.25. The maximum atomic E-state index is 12.0. The molecule has 0 atom stereocenters. The zero-order valence-electron chi connectivity index (χ0n) is 15.5. The number of aromatic nitrogens is 5. The maximum absolute atomic E-state index is 12.0. The van der Waals surface area contributed by atoms with Crippen LogP contribution in [0.5, 0.6) is 5.88 Å². The number of ether oxygens (including phenoxy) is 1. The molecule has 1 aliphatic heterocycles. The van der Waals surface area contributed by atoms with Crippen molar-refractivity contribution in [1.29, 1.82) is 0 Å². The van der Waals surface area contributed by atoms with Crippen LogP contribution < -0.4 is 9.64 Å². The van der Waals surface area contributed by atoms with E-state index in [0.29, 0.717) is 36.2 Å². The fraction of sp³-hybridized carbons (Fsp3) is 0.389. The van der Waals surface area contributed by atoms with Crippen molar-refractivity contribution in [3.05, 3.63) is 24.7 Å². The molecular weight excluding hydrogens is 346 g/mol. The number of nitrogens with one attached hydrogen (secondary N) is 1. The van der Waals surface area contributed by atoms with Crippen molar-refractivity contribution >= 4 is 22.6 Å². The Kier molecular flexibility index (Phi) is 4.35. The molecular formula is C18H21N7O2. The second-order valence-electron chi connectivity index (χ2n) is 6.81. The van der Waals surface area contributed by atoms with Gasteiger partial charge in [0.05, 0.1) is 30.1 Å². The fourth-order valence-electron chi connectivity index (χ4n) is 3.00. The minimum atomic E-state index is 0.0331. The minimum Gasteiger partial charge on any atom is -0.475 e. The number of H-pyrrole nitrogens is 1. The summed E-state index contributed by atoms with van der Waals surface area (Å²) < 4.78 is 5.69. The summed E-state index contributed by atoms with van der Waals surface area (Å²) in [7, 11) is 1.81. The second-order valence-corrected chi connectivity index (χ2v) is 6.81. The molecule has 3 aromatic rings. The lowest BCUT2D eigenvalue weighted by Crippen LogP contribution is -2.48. The van der Waals surface area contributed by atoms with Crippen LogP contribution in [0.25, 0.3) is 22.3 Å².